The molecule has 0 aliphatic carbocycles. The first-order valence-corrected chi connectivity index (χ1v) is 26.8. The third kappa shape index (κ3) is 7.67. The standard InChI is InChI=1S/C72H44N4S/c1-5-21-62-58(17-1)69(59-18-2-6-22-63(59)71(62)55-35-51(47-13-9-29-73-41-47)33-52(36-55)48-14-10-30-74-42-48)45-26-28-67-66(39-45)57-27-25-46(40-68(57)77-67)70-60-19-3-7-23-64(60)72(65-24-8-4-20-61(65)70)56-37-53(49-15-11-31-75-43-49)34-54(38-56)50-16-12-32-76-44-50/h1-44H. The molecule has 0 aliphatic rings. The number of hydrogen-bond donors (Lipinski definition) is 0. The molecule has 0 N–H and O–H groups in total. The molecule has 0 fully saturated rings. The van der Waals surface area contributed by atoms with E-state index >= 15 is 0 Å². The van der Waals surface area contributed by atoms with Crippen LogP contribution in [0.3, 0.4) is 0 Å². The quantitative estimate of drug-likeness (QED) is 0.142. The second kappa shape index (κ2) is 18.5. The highest BCUT2D eigenvalue weighted by Gasteiger charge is 2.22. The van der Waals surface area contributed by atoms with Crippen LogP contribution in [0.5, 0.6) is 0 Å². The van der Waals surface area contributed by atoms with Gasteiger partial charge in [0.1, 0.15) is 0 Å². The predicted molar refractivity (Wildman–Crippen MR) is 324 cm³/mol. The fourth-order valence-electron chi connectivity index (χ4n) is 11.9. The molecule has 0 bridgehead atoms. The van der Waals surface area contributed by atoms with E-state index in [0.29, 0.717) is 0 Å². The number of pyridine rings is 4. The number of benzene rings is 10. The minimum Gasteiger partial charge on any atom is -0.264 e. The van der Waals surface area contributed by atoms with Gasteiger partial charge in [0.15, 0.2) is 0 Å². The molecule has 0 atom stereocenters. The molecule has 0 unspecified atom stereocenters. The van der Waals surface area contributed by atoms with Gasteiger partial charge in [-0.1, -0.05) is 140 Å². The number of rotatable bonds is 8. The Balaban J connectivity index is 0.887. The molecule has 0 saturated carbocycles. The summed E-state index contributed by atoms with van der Waals surface area (Å²) in [7, 11) is 0. The first-order valence-electron chi connectivity index (χ1n) is 25.9. The molecule has 0 radical (unpaired) electrons. The topological polar surface area (TPSA) is 51.6 Å². The molecule has 5 heterocycles. The minimum atomic E-state index is 1.07. The summed E-state index contributed by atoms with van der Waals surface area (Å²) in [5.74, 6) is 0. The van der Waals surface area contributed by atoms with E-state index in [1.165, 1.54) is 96.6 Å². The molecule has 4 nitrogen and oxygen atoms in total. The fourth-order valence-corrected chi connectivity index (χ4v) is 13.1. The lowest BCUT2D eigenvalue weighted by Crippen LogP contribution is -1.92. The van der Waals surface area contributed by atoms with Crippen LogP contribution in [-0.4, -0.2) is 19.9 Å². The molecule has 0 spiro atoms. The molecule has 10 aromatic carbocycles. The second-order valence-electron chi connectivity index (χ2n) is 19.8. The SMILES string of the molecule is c1cncc(-c2cc(-c3cccnc3)cc(-c3c4ccccc4c(-c4ccc5c(c4)sc4ccc(-c6c7ccccc7c(-c7cc(-c8cccnc8)cc(-c8cccnc8)c7)c7ccccc67)cc45)c4ccccc34)c2)c1. The summed E-state index contributed by atoms with van der Waals surface area (Å²) in [6.45, 7) is 0. The molecular formula is C72H44N4S. The highest BCUT2D eigenvalue weighted by molar-refractivity contribution is 7.25. The van der Waals surface area contributed by atoms with Crippen molar-refractivity contribution in [3.05, 3.63) is 268 Å². The van der Waals surface area contributed by atoms with Crippen LogP contribution < -0.4 is 0 Å². The third-order valence-electron chi connectivity index (χ3n) is 15.3. The van der Waals surface area contributed by atoms with E-state index in [2.05, 4.69) is 214 Å². The Morgan fingerprint density at radius 3 is 0.844 bits per heavy atom. The highest BCUT2D eigenvalue weighted by atomic mass is 32.1. The smallest absolute Gasteiger partial charge is 0.0361 e. The molecular weight excluding hydrogens is 953 g/mol. The normalized spacial score (nSPS) is 11.6. The number of hydrogen-bond acceptors (Lipinski definition) is 5. The maximum Gasteiger partial charge on any atom is 0.0361 e. The maximum atomic E-state index is 4.50. The van der Waals surface area contributed by atoms with Crippen LogP contribution in [-0.2, 0) is 0 Å². The summed E-state index contributed by atoms with van der Waals surface area (Å²) >= 11 is 1.87. The first-order chi connectivity index (χ1) is 38.2. The number of nitrogens with zero attached hydrogens (tertiary/aromatic N) is 4. The van der Waals surface area contributed by atoms with E-state index in [0.717, 1.165) is 55.6 Å². The molecule has 0 amide bonds. The summed E-state index contributed by atoms with van der Waals surface area (Å²) in [4.78, 5) is 18.0. The van der Waals surface area contributed by atoms with E-state index in [1.807, 2.05) is 85.2 Å². The molecule has 15 aromatic rings. The summed E-state index contributed by atoms with van der Waals surface area (Å²) < 4.78 is 2.53. The van der Waals surface area contributed by atoms with Gasteiger partial charge in [0.05, 0.1) is 0 Å². The van der Waals surface area contributed by atoms with E-state index < -0.39 is 0 Å². The Hall–Kier alpha value is -9.94. The fraction of sp³-hybridized carbons (Fsp3) is 0. The van der Waals surface area contributed by atoms with Crippen molar-refractivity contribution in [1.82, 2.24) is 19.9 Å². The van der Waals surface area contributed by atoms with Crippen molar-refractivity contribution in [1.29, 1.82) is 0 Å². The molecule has 77 heavy (non-hydrogen) atoms. The zero-order chi connectivity index (χ0) is 50.8. The molecule has 0 aliphatic heterocycles. The van der Waals surface area contributed by atoms with Gasteiger partial charge in [-0.3, -0.25) is 19.9 Å². The van der Waals surface area contributed by atoms with E-state index in [1.54, 1.807) is 0 Å². The van der Waals surface area contributed by atoms with Gasteiger partial charge < -0.3 is 0 Å². The van der Waals surface area contributed by atoms with Gasteiger partial charge in [0.2, 0.25) is 0 Å². The van der Waals surface area contributed by atoms with Crippen LogP contribution in [0, 0.1) is 0 Å². The summed E-state index contributed by atoms with van der Waals surface area (Å²) in [6.07, 6.45) is 15.1. The Kier molecular flexibility index (Phi) is 10.7. The van der Waals surface area contributed by atoms with Crippen molar-refractivity contribution in [2.24, 2.45) is 0 Å². The largest absolute Gasteiger partial charge is 0.264 e. The van der Waals surface area contributed by atoms with Gasteiger partial charge in [-0.25, -0.2) is 0 Å². The molecule has 358 valence electrons. The molecule has 5 heteroatoms. The van der Waals surface area contributed by atoms with Crippen LogP contribution in [0.15, 0.2) is 268 Å². The summed E-state index contributed by atoms with van der Waals surface area (Å²) in [6, 6.07) is 80.4. The van der Waals surface area contributed by atoms with Gasteiger partial charge in [-0.2, -0.15) is 0 Å². The summed E-state index contributed by atoms with van der Waals surface area (Å²) in [5.41, 5.74) is 18.4. The lowest BCUT2D eigenvalue weighted by atomic mass is 9.84. The van der Waals surface area contributed by atoms with Crippen molar-refractivity contribution in [3.63, 3.8) is 0 Å². The Morgan fingerprint density at radius 2 is 0.506 bits per heavy atom. The van der Waals surface area contributed by atoms with Crippen molar-refractivity contribution in [3.8, 4) is 89.0 Å². The maximum absolute atomic E-state index is 4.50. The van der Waals surface area contributed by atoms with Crippen molar-refractivity contribution in [2.75, 3.05) is 0 Å². The van der Waals surface area contributed by atoms with Crippen LogP contribution in [0.25, 0.3) is 152 Å². The Bertz CT molecular complexity index is 4550. The van der Waals surface area contributed by atoms with Gasteiger partial charge in [-0.05, 0) is 189 Å². The first kappa shape index (κ1) is 44.5. The second-order valence-corrected chi connectivity index (χ2v) is 20.9. The van der Waals surface area contributed by atoms with Gasteiger partial charge in [0, 0.05) is 92.0 Å². The molecule has 0 saturated heterocycles. The highest BCUT2D eigenvalue weighted by Crippen LogP contribution is 2.49. The zero-order valence-electron chi connectivity index (χ0n) is 41.6. The van der Waals surface area contributed by atoms with E-state index in [4.69, 9.17) is 0 Å². The molecule has 5 aromatic heterocycles. The van der Waals surface area contributed by atoms with Crippen LogP contribution >= 0.6 is 11.3 Å². The van der Waals surface area contributed by atoms with Crippen LogP contribution in [0.2, 0.25) is 0 Å². The predicted octanol–water partition coefficient (Wildman–Crippen LogP) is 19.6. The molecule has 15 rings (SSSR count). The zero-order valence-corrected chi connectivity index (χ0v) is 42.4. The number of aromatic nitrogens is 4. The third-order valence-corrected chi connectivity index (χ3v) is 16.5. The lowest BCUT2D eigenvalue weighted by Gasteiger charge is -2.19. The monoisotopic (exact) mass is 996 g/mol. The van der Waals surface area contributed by atoms with Crippen molar-refractivity contribution < 1.29 is 0 Å². The lowest BCUT2D eigenvalue weighted by molar-refractivity contribution is 1.32. The summed E-state index contributed by atoms with van der Waals surface area (Å²) in [5, 5.41) is 12.2. The van der Waals surface area contributed by atoms with E-state index in [-0.39, 0.29) is 0 Å². The van der Waals surface area contributed by atoms with E-state index in [9.17, 15) is 0 Å². The van der Waals surface area contributed by atoms with Gasteiger partial charge >= 0.3 is 0 Å². The Labute approximate surface area is 448 Å². The minimum absolute atomic E-state index is 1.07. The number of thiophene rings is 1. The van der Waals surface area contributed by atoms with Gasteiger partial charge in [-0.15, -0.1) is 11.3 Å². The average molecular weight is 997 g/mol. The average Bonchev–Trinajstić information content (AvgIpc) is 3.89. The Morgan fingerprint density at radius 1 is 0.195 bits per heavy atom. The van der Waals surface area contributed by atoms with Crippen LogP contribution in [0.1, 0.15) is 0 Å². The van der Waals surface area contributed by atoms with Crippen molar-refractivity contribution in [2.45, 2.75) is 0 Å². The van der Waals surface area contributed by atoms with Gasteiger partial charge in [0.25, 0.3) is 0 Å². The van der Waals surface area contributed by atoms with Crippen molar-refractivity contribution >= 4 is 74.6 Å². The van der Waals surface area contributed by atoms with Crippen LogP contribution in [0.4, 0.5) is 0 Å². The number of fused-ring (bicyclic) bond motifs is 7.